The molecule has 1 aliphatic heterocycles. The van der Waals surface area contributed by atoms with Crippen molar-refractivity contribution in [2.75, 3.05) is 13.1 Å². The number of benzene rings is 3. The molecule has 4 nitrogen and oxygen atoms in total. The molecule has 0 radical (unpaired) electrons. The van der Waals surface area contributed by atoms with E-state index in [-0.39, 0.29) is 18.1 Å². The molecule has 2 heterocycles. The van der Waals surface area contributed by atoms with Crippen LogP contribution in [0.4, 0.5) is 0 Å². The van der Waals surface area contributed by atoms with Crippen molar-refractivity contribution in [3.8, 4) is 22.4 Å². The zero-order chi connectivity index (χ0) is 22.1. The van der Waals surface area contributed by atoms with E-state index >= 15 is 0 Å². The van der Waals surface area contributed by atoms with Crippen molar-refractivity contribution >= 4 is 16.8 Å². The first-order valence-corrected chi connectivity index (χ1v) is 11.1. The predicted octanol–water partition coefficient (Wildman–Crippen LogP) is 5.82. The van der Waals surface area contributed by atoms with Crippen LogP contribution in [-0.2, 0) is 4.74 Å². The van der Waals surface area contributed by atoms with E-state index in [9.17, 15) is 4.79 Å². The molecule has 0 aliphatic carbocycles. The third-order valence-electron chi connectivity index (χ3n) is 5.94. The summed E-state index contributed by atoms with van der Waals surface area (Å²) in [4.78, 5) is 20.3. The third-order valence-corrected chi connectivity index (χ3v) is 5.94. The van der Waals surface area contributed by atoms with Crippen LogP contribution in [0, 0.1) is 0 Å². The van der Waals surface area contributed by atoms with E-state index in [1.807, 2.05) is 67.3 Å². The lowest BCUT2D eigenvalue weighted by Gasteiger charge is -2.35. The summed E-state index contributed by atoms with van der Waals surface area (Å²) in [6.07, 6.45) is 0.0570. The Morgan fingerprint density at radius 1 is 0.812 bits per heavy atom. The molecule has 0 N–H and O–H groups in total. The highest BCUT2D eigenvalue weighted by atomic mass is 16.5. The minimum atomic E-state index is 0.0285. The Hall–Kier alpha value is -3.50. The summed E-state index contributed by atoms with van der Waals surface area (Å²) >= 11 is 0. The van der Waals surface area contributed by atoms with Crippen LogP contribution in [0.3, 0.4) is 0 Å². The number of nitrogens with zero attached hydrogens (tertiary/aromatic N) is 2. The fourth-order valence-corrected chi connectivity index (χ4v) is 4.48. The Kier molecular flexibility index (Phi) is 5.46. The largest absolute Gasteiger partial charge is 0.372 e. The zero-order valence-corrected chi connectivity index (χ0v) is 18.4. The monoisotopic (exact) mass is 422 g/mol. The molecule has 1 amide bonds. The molecule has 1 aliphatic rings. The molecule has 3 aromatic carbocycles. The van der Waals surface area contributed by atoms with Crippen molar-refractivity contribution in [1.82, 2.24) is 9.88 Å². The first-order valence-electron chi connectivity index (χ1n) is 11.1. The van der Waals surface area contributed by atoms with Crippen LogP contribution < -0.4 is 0 Å². The van der Waals surface area contributed by atoms with Crippen molar-refractivity contribution < 1.29 is 9.53 Å². The number of amides is 1. The smallest absolute Gasteiger partial charge is 0.254 e. The summed E-state index contributed by atoms with van der Waals surface area (Å²) in [6.45, 7) is 5.22. The molecule has 0 saturated carbocycles. The molecule has 5 rings (SSSR count). The van der Waals surface area contributed by atoms with Gasteiger partial charge in [0.2, 0.25) is 0 Å². The number of carbonyl (C=O) groups excluding carboxylic acids is 1. The van der Waals surface area contributed by atoms with Crippen molar-refractivity contribution in [1.29, 1.82) is 0 Å². The van der Waals surface area contributed by atoms with Gasteiger partial charge in [0.1, 0.15) is 0 Å². The Bertz CT molecular complexity index is 1240. The molecule has 1 fully saturated rings. The Morgan fingerprint density at radius 2 is 1.41 bits per heavy atom. The van der Waals surface area contributed by atoms with Gasteiger partial charge in [-0.25, -0.2) is 4.98 Å². The number of hydrogen-bond donors (Lipinski definition) is 0. The van der Waals surface area contributed by atoms with E-state index in [1.165, 1.54) is 5.56 Å². The number of para-hydroxylation sites is 1. The summed E-state index contributed by atoms with van der Waals surface area (Å²) in [5.41, 5.74) is 5.66. The lowest BCUT2D eigenvalue weighted by atomic mass is 10.00. The van der Waals surface area contributed by atoms with Gasteiger partial charge >= 0.3 is 0 Å². The highest BCUT2D eigenvalue weighted by Gasteiger charge is 2.28. The number of aromatic nitrogens is 1. The molecule has 0 bridgehead atoms. The van der Waals surface area contributed by atoms with E-state index in [1.54, 1.807) is 0 Å². The quantitative estimate of drug-likeness (QED) is 0.418. The summed E-state index contributed by atoms with van der Waals surface area (Å²) in [6, 6.07) is 28.5. The van der Waals surface area contributed by atoms with Gasteiger partial charge in [0.25, 0.3) is 5.91 Å². The summed E-state index contributed by atoms with van der Waals surface area (Å²) in [5.74, 6) is 0.0350. The van der Waals surface area contributed by atoms with Gasteiger partial charge < -0.3 is 9.64 Å². The van der Waals surface area contributed by atoms with Gasteiger partial charge in [0, 0.05) is 24.0 Å². The average molecular weight is 423 g/mol. The first kappa shape index (κ1) is 20.4. The van der Waals surface area contributed by atoms with Crippen molar-refractivity contribution in [2.24, 2.45) is 0 Å². The maximum Gasteiger partial charge on any atom is 0.254 e. The second-order valence-electron chi connectivity index (χ2n) is 8.48. The van der Waals surface area contributed by atoms with E-state index in [0.717, 1.165) is 27.7 Å². The fourth-order valence-electron chi connectivity index (χ4n) is 4.48. The van der Waals surface area contributed by atoms with E-state index in [0.29, 0.717) is 18.7 Å². The standard InChI is InChI=1S/C28H26N2O2/c1-19-17-30(18-20(2)32-19)28(31)25-16-27(29-26-11-7-6-10-24(25)26)23-14-12-22(13-15-23)21-8-4-3-5-9-21/h3-16,19-20H,17-18H2,1-2H3. The Morgan fingerprint density at radius 3 is 2.12 bits per heavy atom. The van der Waals surface area contributed by atoms with Crippen LogP contribution in [0.1, 0.15) is 24.2 Å². The second kappa shape index (κ2) is 8.56. The van der Waals surface area contributed by atoms with Crippen LogP contribution >= 0.6 is 0 Å². The summed E-state index contributed by atoms with van der Waals surface area (Å²) < 4.78 is 5.82. The van der Waals surface area contributed by atoms with Crippen LogP contribution in [0.5, 0.6) is 0 Å². The lowest BCUT2D eigenvalue weighted by Crippen LogP contribution is -2.48. The van der Waals surface area contributed by atoms with Gasteiger partial charge in [-0.05, 0) is 37.1 Å². The van der Waals surface area contributed by atoms with Gasteiger partial charge in [0.15, 0.2) is 0 Å². The van der Waals surface area contributed by atoms with Crippen LogP contribution in [-0.4, -0.2) is 41.1 Å². The Labute approximate surface area is 188 Å². The van der Waals surface area contributed by atoms with Crippen molar-refractivity contribution in [3.63, 3.8) is 0 Å². The number of rotatable bonds is 3. The first-order chi connectivity index (χ1) is 15.6. The molecule has 160 valence electrons. The number of pyridine rings is 1. The minimum Gasteiger partial charge on any atom is -0.372 e. The van der Waals surface area contributed by atoms with Gasteiger partial charge in [-0.2, -0.15) is 0 Å². The molecule has 1 saturated heterocycles. The molecule has 32 heavy (non-hydrogen) atoms. The van der Waals surface area contributed by atoms with E-state index < -0.39 is 0 Å². The highest BCUT2D eigenvalue weighted by molar-refractivity contribution is 6.07. The SMILES string of the molecule is CC1CN(C(=O)c2cc(-c3ccc(-c4ccccc4)cc3)nc3ccccc23)CC(C)O1. The second-order valence-corrected chi connectivity index (χ2v) is 8.48. The number of carbonyl (C=O) groups is 1. The predicted molar refractivity (Wildman–Crippen MR) is 129 cm³/mol. The topological polar surface area (TPSA) is 42.4 Å². The third kappa shape index (κ3) is 4.02. The highest BCUT2D eigenvalue weighted by Crippen LogP contribution is 2.28. The molecular weight excluding hydrogens is 396 g/mol. The molecule has 2 unspecified atom stereocenters. The summed E-state index contributed by atoms with van der Waals surface area (Å²) in [5, 5.41) is 0.883. The zero-order valence-electron chi connectivity index (χ0n) is 18.4. The van der Waals surface area contributed by atoms with E-state index in [4.69, 9.17) is 9.72 Å². The van der Waals surface area contributed by atoms with E-state index in [2.05, 4.69) is 36.4 Å². The molecule has 0 spiro atoms. The number of hydrogen-bond acceptors (Lipinski definition) is 3. The molecule has 4 aromatic rings. The summed E-state index contributed by atoms with van der Waals surface area (Å²) in [7, 11) is 0. The average Bonchev–Trinajstić information content (AvgIpc) is 2.83. The van der Waals surface area contributed by atoms with Gasteiger partial charge in [0.05, 0.1) is 29.0 Å². The normalized spacial score (nSPS) is 18.6. The number of morpholine rings is 1. The number of ether oxygens (including phenoxy) is 1. The molecule has 1 aromatic heterocycles. The lowest BCUT2D eigenvalue weighted by molar-refractivity contribution is -0.0585. The van der Waals surface area contributed by atoms with Crippen LogP contribution in [0.2, 0.25) is 0 Å². The number of fused-ring (bicyclic) bond motifs is 1. The molecular formula is C28H26N2O2. The van der Waals surface area contributed by atoms with Gasteiger partial charge in [-0.15, -0.1) is 0 Å². The minimum absolute atomic E-state index is 0.0285. The maximum absolute atomic E-state index is 13.6. The van der Waals surface area contributed by atoms with Crippen molar-refractivity contribution in [2.45, 2.75) is 26.1 Å². The fraction of sp³-hybridized carbons (Fsp3) is 0.214. The molecule has 4 heteroatoms. The maximum atomic E-state index is 13.6. The van der Waals surface area contributed by atoms with Gasteiger partial charge in [-0.3, -0.25) is 4.79 Å². The van der Waals surface area contributed by atoms with Gasteiger partial charge in [-0.1, -0.05) is 72.8 Å². The molecule has 2 atom stereocenters. The van der Waals surface area contributed by atoms with Crippen LogP contribution in [0.25, 0.3) is 33.3 Å². The van der Waals surface area contributed by atoms with Crippen LogP contribution in [0.15, 0.2) is 84.9 Å². The van der Waals surface area contributed by atoms with Crippen molar-refractivity contribution in [3.05, 3.63) is 90.5 Å². The Balaban J connectivity index is 1.54.